The van der Waals surface area contributed by atoms with E-state index in [2.05, 4.69) is 48.0 Å². The van der Waals surface area contributed by atoms with Crippen LogP contribution in [0.25, 0.3) is 0 Å². The lowest BCUT2D eigenvalue weighted by Gasteiger charge is -2.40. The molecule has 2 aromatic rings. The van der Waals surface area contributed by atoms with Gasteiger partial charge in [-0.05, 0) is 62.4 Å². The predicted molar refractivity (Wildman–Crippen MR) is 121 cm³/mol. The van der Waals surface area contributed by atoms with Gasteiger partial charge >= 0.3 is 0 Å². The number of carbonyl (C=O) groups is 1. The third kappa shape index (κ3) is 4.04. The molecule has 4 rings (SSSR count). The summed E-state index contributed by atoms with van der Waals surface area (Å²) in [5, 5.41) is 10.3. The molecular formula is C25H33N3O. The van der Waals surface area contributed by atoms with Gasteiger partial charge in [0, 0.05) is 29.9 Å². The predicted octanol–water partition coefficient (Wildman–Crippen LogP) is 5.13. The summed E-state index contributed by atoms with van der Waals surface area (Å²) in [5.41, 5.74) is 5.89. The van der Waals surface area contributed by atoms with Gasteiger partial charge in [0.25, 0.3) is 0 Å². The number of amides is 1. The maximum atomic E-state index is 13.1. The van der Waals surface area contributed by atoms with E-state index in [1.54, 1.807) is 0 Å². The molecule has 1 saturated carbocycles. The summed E-state index contributed by atoms with van der Waals surface area (Å²) < 4.78 is 0. The summed E-state index contributed by atoms with van der Waals surface area (Å²) in [4.78, 5) is 13.1. The van der Waals surface area contributed by atoms with Crippen LogP contribution in [0.1, 0.15) is 61.1 Å². The van der Waals surface area contributed by atoms with E-state index in [0.29, 0.717) is 5.92 Å². The highest BCUT2D eigenvalue weighted by Gasteiger charge is 2.50. The maximum absolute atomic E-state index is 13.1. The zero-order valence-corrected chi connectivity index (χ0v) is 17.8. The van der Waals surface area contributed by atoms with Crippen molar-refractivity contribution in [2.75, 3.05) is 17.7 Å². The van der Waals surface area contributed by atoms with Crippen LogP contribution in [0, 0.1) is 13.8 Å². The van der Waals surface area contributed by atoms with Gasteiger partial charge in [0.05, 0.1) is 6.04 Å². The van der Waals surface area contributed by atoms with Crippen molar-refractivity contribution >= 4 is 17.3 Å². The first kappa shape index (κ1) is 20.0. The molecule has 3 N–H and O–H groups in total. The van der Waals surface area contributed by atoms with E-state index >= 15 is 0 Å². The number of rotatable bonds is 4. The van der Waals surface area contributed by atoms with Crippen molar-refractivity contribution in [3.63, 3.8) is 0 Å². The third-order valence-corrected chi connectivity index (χ3v) is 6.84. The summed E-state index contributed by atoms with van der Waals surface area (Å²) in [5.74, 6) is 0.430. The molecule has 29 heavy (non-hydrogen) atoms. The zero-order chi connectivity index (χ0) is 20.4. The molecule has 2 aliphatic rings. The largest absolute Gasteiger partial charge is 0.388 e. The smallest absolute Gasteiger partial charge is 0.241 e. The second kappa shape index (κ2) is 8.19. The first-order valence-corrected chi connectivity index (χ1v) is 10.9. The van der Waals surface area contributed by atoms with Gasteiger partial charge in [0.15, 0.2) is 0 Å². The van der Waals surface area contributed by atoms with Gasteiger partial charge in [-0.15, -0.1) is 0 Å². The monoisotopic (exact) mass is 391 g/mol. The van der Waals surface area contributed by atoms with E-state index in [9.17, 15) is 4.79 Å². The Morgan fingerprint density at radius 3 is 2.38 bits per heavy atom. The molecule has 1 aliphatic carbocycles. The summed E-state index contributed by atoms with van der Waals surface area (Å²) in [6.07, 6.45) is 6.89. The number of carbonyl (C=O) groups excluding carboxylic acids is 1. The van der Waals surface area contributed by atoms with Crippen LogP contribution in [0.15, 0.2) is 42.5 Å². The highest BCUT2D eigenvalue weighted by atomic mass is 16.2. The number of nitrogens with one attached hydrogen (secondary N) is 3. The molecule has 1 aliphatic heterocycles. The fourth-order valence-corrected chi connectivity index (χ4v) is 5.30. The van der Waals surface area contributed by atoms with Crippen LogP contribution >= 0.6 is 0 Å². The minimum absolute atomic E-state index is 0.0222. The van der Waals surface area contributed by atoms with Gasteiger partial charge in [-0.25, -0.2) is 0 Å². The fourth-order valence-electron chi connectivity index (χ4n) is 5.30. The average molecular weight is 392 g/mol. The molecule has 4 nitrogen and oxygen atoms in total. The van der Waals surface area contributed by atoms with E-state index < -0.39 is 0 Å². The Hall–Kier alpha value is -2.33. The molecule has 2 unspecified atom stereocenters. The molecule has 1 heterocycles. The number of hydrogen-bond donors (Lipinski definition) is 3. The lowest BCUT2D eigenvalue weighted by atomic mass is 9.71. The standard InChI is InChI=1S/C25H33N3O/c1-17-7-10-19(11-8-17)27-24(29)23-16-21(25(28-23)13-5-4-6-14-25)20-12-9-18(2)15-22(20)26-3/h7-12,15,21,23,26,28H,4-6,13-14,16H2,1-3H3,(H,27,29). The Balaban J connectivity index is 1.60. The van der Waals surface area contributed by atoms with Crippen molar-refractivity contribution in [1.82, 2.24) is 5.32 Å². The number of hydrogen-bond acceptors (Lipinski definition) is 3. The second-order valence-corrected chi connectivity index (χ2v) is 8.90. The Morgan fingerprint density at radius 2 is 1.69 bits per heavy atom. The van der Waals surface area contributed by atoms with Gasteiger partial charge in [0.2, 0.25) is 5.91 Å². The van der Waals surface area contributed by atoms with Crippen LogP contribution in [-0.4, -0.2) is 24.5 Å². The van der Waals surface area contributed by atoms with Crippen molar-refractivity contribution in [1.29, 1.82) is 0 Å². The van der Waals surface area contributed by atoms with Gasteiger partial charge in [0.1, 0.15) is 0 Å². The normalized spacial score (nSPS) is 23.1. The Kier molecular flexibility index (Phi) is 5.64. The lowest BCUT2D eigenvalue weighted by Crippen LogP contribution is -2.50. The van der Waals surface area contributed by atoms with Crippen LogP contribution in [-0.2, 0) is 4.79 Å². The SMILES string of the molecule is CNc1cc(C)ccc1C1CC(C(=O)Nc2ccc(C)cc2)NC12CCCCC2. The Labute approximate surface area is 174 Å². The molecule has 154 valence electrons. The molecule has 0 radical (unpaired) electrons. The number of benzene rings is 2. The molecular weight excluding hydrogens is 358 g/mol. The van der Waals surface area contributed by atoms with Crippen molar-refractivity contribution in [2.24, 2.45) is 0 Å². The quantitative estimate of drug-likeness (QED) is 0.677. The van der Waals surface area contributed by atoms with Gasteiger partial charge in [-0.3, -0.25) is 10.1 Å². The van der Waals surface area contributed by atoms with Crippen LogP contribution in [0.5, 0.6) is 0 Å². The topological polar surface area (TPSA) is 53.2 Å². The molecule has 1 amide bonds. The highest BCUT2D eigenvalue weighted by Crippen LogP contribution is 2.48. The number of anilines is 2. The van der Waals surface area contributed by atoms with E-state index in [4.69, 9.17) is 0 Å². The molecule has 1 spiro atoms. The second-order valence-electron chi connectivity index (χ2n) is 8.90. The molecule has 2 aromatic carbocycles. The Bertz CT molecular complexity index is 868. The van der Waals surface area contributed by atoms with Crippen LogP contribution in [0.3, 0.4) is 0 Å². The first-order chi connectivity index (χ1) is 14.0. The van der Waals surface area contributed by atoms with Crippen LogP contribution in [0.2, 0.25) is 0 Å². The summed E-state index contributed by atoms with van der Waals surface area (Å²) in [6.45, 7) is 4.19. The third-order valence-electron chi connectivity index (χ3n) is 6.84. The fraction of sp³-hybridized carbons (Fsp3) is 0.480. The maximum Gasteiger partial charge on any atom is 0.241 e. The van der Waals surface area contributed by atoms with Gasteiger partial charge in [-0.1, -0.05) is 49.1 Å². The van der Waals surface area contributed by atoms with Gasteiger partial charge in [-0.2, -0.15) is 0 Å². The summed E-state index contributed by atoms with van der Waals surface area (Å²) in [7, 11) is 2.00. The van der Waals surface area contributed by atoms with Gasteiger partial charge < -0.3 is 10.6 Å². The zero-order valence-electron chi connectivity index (χ0n) is 17.8. The van der Waals surface area contributed by atoms with Crippen LogP contribution < -0.4 is 16.0 Å². The van der Waals surface area contributed by atoms with E-state index in [0.717, 1.165) is 24.9 Å². The lowest BCUT2D eigenvalue weighted by molar-refractivity contribution is -0.118. The van der Waals surface area contributed by atoms with E-state index in [1.807, 2.05) is 31.3 Å². The van der Waals surface area contributed by atoms with Crippen molar-refractivity contribution in [3.8, 4) is 0 Å². The molecule has 2 fully saturated rings. The number of aryl methyl sites for hydroxylation is 2. The Morgan fingerprint density at radius 1 is 1.00 bits per heavy atom. The molecule has 4 heteroatoms. The summed E-state index contributed by atoms with van der Waals surface area (Å²) >= 11 is 0. The van der Waals surface area contributed by atoms with Crippen LogP contribution in [0.4, 0.5) is 11.4 Å². The molecule has 1 saturated heterocycles. The van der Waals surface area contributed by atoms with Crippen molar-refractivity contribution in [2.45, 2.75) is 69.9 Å². The highest BCUT2D eigenvalue weighted by molar-refractivity contribution is 5.95. The first-order valence-electron chi connectivity index (χ1n) is 10.9. The minimum Gasteiger partial charge on any atom is -0.388 e. The van der Waals surface area contributed by atoms with Crippen molar-refractivity contribution in [3.05, 3.63) is 59.2 Å². The molecule has 2 atom stereocenters. The molecule has 0 aromatic heterocycles. The van der Waals surface area contributed by atoms with Crippen molar-refractivity contribution < 1.29 is 4.79 Å². The minimum atomic E-state index is -0.162. The van der Waals surface area contributed by atoms with E-state index in [1.165, 1.54) is 41.6 Å². The summed E-state index contributed by atoms with van der Waals surface area (Å²) in [6, 6.07) is 14.6. The molecule has 0 bridgehead atoms. The average Bonchev–Trinajstić information content (AvgIpc) is 3.08. The van der Waals surface area contributed by atoms with E-state index in [-0.39, 0.29) is 17.5 Å².